The zero-order valence-electron chi connectivity index (χ0n) is 23.6. The topological polar surface area (TPSA) is 86.9 Å². The molecule has 2 amide bonds. The molecule has 224 valence electrons. The molecule has 9 nitrogen and oxygen atoms in total. The van der Waals surface area contributed by atoms with Gasteiger partial charge in [0.05, 0.1) is 24.5 Å². The van der Waals surface area contributed by atoms with Crippen molar-refractivity contribution < 1.29 is 22.8 Å². The third kappa shape index (κ3) is 6.63. The molecule has 0 unspecified atom stereocenters. The summed E-state index contributed by atoms with van der Waals surface area (Å²) in [6.45, 7) is 4.54. The third-order valence-corrected chi connectivity index (χ3v) is 8.00. The van der Waals surface area contributed by atoms with Crippen molar-refractivity contribution in [3.63, 3.8) is 0 Å². The Labute approximate surface area is 246 Å². The summed E-state index contributed by atoms with van der Waals surface area (Å²) in [6, 6.07) is 13.2. The highest BCUT2D eigenvalue weighted by atomic mass is 19.4. The van der Waals surface area contributed by atoms with Crippen LogP contribution < -0.4 is 4.90 Å². The summed E-state index contributed by atoms with van der Waals surface area (Å²) in [6.07, 6.45) is 1.37. The van der Waals surface area contributed by atoms with E-state index in [0.717, 1.165) is 61.5 Å². The van der Waals surface area contributed by atoms with Crippen LogP contribution >= 0.6 is 0 Å². The zero-order valence-corrected chi connectivity index (χ0v) is 23.6. The van der Waals surface area contributed by atoms with Crippen molar-refractivity contribution in [2.45, 2.75) is 38.3 Å². The average Bonchev–Trinajstić information content (AvgIpc) is 3.70. The van der Waals surface area contributed by atoms with Gasteiger partial charge in [-0.1, -0.05) is 18.2 Å². The molecule has 5 heterocycles. The van der Waals surface area contributed by atoms with E-state index >= 15 is 0 Å². The normalized spacial score (nSPS) is 15.8. The fraction of sp³-hybridized carbons (Fsp3) is 0.387. The molecule has 4 aromatic rings. The van der Waals surface area contributed by atoms with Gasteiger partial charge in [0.15, 0.2) is 5.65 Å². The number of carbonyl (C=O) groups excluding carboxylic acids is 2. The fourth-order valence-corrected chi connectivity index (χ4v) is 5.65. The van der Waals surface area contributed by atoms with Crippen LogP contribution in [0.5, 0.6) is 0 Å². The maximum Gasteiger partial charge on any atom is 0.389 e. The lowest BCUT2D eigenvalue weighted by Crippen LogP contribution is -2.52. The number of alkyl halides is 3. The van der Waals surface area contributed by atoms with Crippen molar-refractivity contribution in [3.05, 3.63) is 66.6 Å². The molecule has 2 aliphatic heterocycles. The molecule has 43 heavy (non-hydrogen) atoms. The van der Waals surface area contributed by atoms with Gasteiger partial charge in [0.25, 0.3) is 0 Å². The summed E-state index contributed by atoms with van der Waals surface area (Å²) >= 11 is 0. The molecule has 1 aromatic carbocycles. The van der Waals surface area contributed by atoms with Gasteiger partial charge in [0, 0.05) is 75.0 Å². The van der Waals surface area contributed by atoms with Crippen LogP contribution in [0.4, 0.5) is 23.8 Å². The van der Waals surface area contributed by atoms with Crippen LogP contribution in [0, 0.1) is 0 Å². The van der Waals surface area contributed by atoms with Crippen molar-refractivity contribution in [3.8, 4) is 22.4 Å². The Morgan fingerprint density at radius 3 is 2.28 bits per heavy atom. The second-order valence-electron chi connectivity index (χ2n) is 11.0. The van der Waals surface area contributed by atoms with Gasteiger partial charge in [0.2, 0.25) is 0 Å². The number of imidazole rings is 1. The van der Waals surface area contributed by atoms with Crippen LogP contribution in [0.15, 0.2) is 61.1 Å². The van der Waals surface area contributed by atoms with Crippen molar-refractivity contribution in [1.29, 1.82) is 0 Å². The highest BCUT2D eigenvalue weighted by molar-refractivity contribution is 5.81. The van der Waals surface area contributed by atoms with E-state index in [9.17, 15) is 22.8 Å². The number of aromatic nitrogens is 4. The van der Waals surface area contributed by atoms with Crippen LogP contribution in [0.2, 0.25) is 0 Å². The summed E-state index contributed by atoms with van der Waals surface area (Å²) in [7, 11) is 0. The summed E-state index contributed by atoms with van der Waals surface area (Å²) < 4.78 is 39.1. The number of halogens is 3. The minimum atomic E-state index is -4.35. The molecule has 0 saturated carbocycles. The molecule has 2 fully saturated rings. The quantitative estimate of drug-likeness (QED) is 0.292. The molecular formula is C31H32F3N7O2. The number of rotatable bonds is 7. The number of benzene rings is 1. The van der Waals surface area contributed by atoms with Crippen LogP contribution in [-0.2, 0) is 11.2 Å². The molecule has 0 atom stereocenters. The van der Waals surface area contributed by atoms with E-state index in [4.69, 9.17) is 0 Å². The van der Waals surface area contributed by atoms with Crippen LogP contribution in [0.3, 0.4) is 0 Å². The molecular weight excluding hydrogens is 559 g/mol. The van der Waals surface area contributed by atoms with Gasteiger partial charge in [-0.25, -0.2) is 19.3 Å². The maximum atomic E-state index is 12.7. The summed E-state index contributed by atoms with van der Waals surface area (Å²) in [5.74, 6) is 0.413. The molecule has 0 aliphatic carbocycles. The number of piperazine rings is 1. The Bertz CT molecular complexity index is 1610. The Kier molecular flexibility index (Phi) is 8.00. The lowest BCUT2D eigenvalue weighted by Gasteiger charge is -2.37. The molecule has 0 spiro atoms. The van der Waals surface area contributed by atoms with E-state index in [0.29, 0.717) is 30.0 Å². The number of ketones is 1. The van der Waals surface area contributed by atoms with Gasteiger partial charge in [-0.3, -0.25) is 4.79 Å². The highest BCUT2D eigenvalue weighted by Gasteiger charge is 2.28. The number of hydrogen-bond acceptors (Lipinski definition) is 6. The first-order chi connectivity index (χ1) is 20.7. The first-order valence-corrected chi connectivity index (χ1v) is 14.5. The van der Waals surface area contributed by atoms with Crippen molar-refractivity contribution in [2.24, 2.45) is 0 Å². The molecule has 2 saturated heterocycles. The first-order valence-electron chi connectivity index (χ1n) is 14.5. The predicted molar refractivity (Wildman–Crippen MR) is 156 cm³/mol. The van der Waals surface area contributed by atoms with E-state index in [1.807, 2.05) is 40.3 Å². The Hall–Kier alpha value is -4.48. The van der Waals surface area contributed by atoms with Crippen molar-refractivity contribution in [2.75, 3.05) is 44.2 Å². The number of anilines is 1. The second kappa shape index (κ2) is 12.0. The summed E-state index contributed by atoms with van der Waals surface area (Å²) in [5, 5.41) is 4.59. The number of likely N-dealkylation sites (tertiary alicyclic amines) is 1. The van der Waals surface area contributed by atoms with Gasteiger partial charge >= 0.3 is 12.2 Å². The van der Waals surface area contributed by atoms with Gasteiger partial charge in [-0.05, 0) is 42.7 Å². The number of Topliss-reactive ketones (excluding diaryl/α,β-unsaturated/α-hetero) is 1. The minimum Gasteiger partial charge on any atom is -0.353 e. The number of hydrogen-bond donors (Lipinski definition) is 0. The van der Waals surface area contributed by atoms with Gasteiger partial charge < -0.3 is 14.7 Å². The SMILES string of the molecule is O=C(CCC(F)(F)F)Cc1cccc(-c2cnc3cc(-c4ccc(N5CCN(C(=O)N6CCCC6)CC5)nc4)cnn23)c1. The van der Waals surface area contributed by atoms with Gasteiger partial charge in [0.1, 0.15) is 11.6 Å². The fourth-order valence-electron chi connectivity index (χ4n) is 5.65. The van der Waals surface area contributed by atoms with Crippen LogP contribution in [0.25, 0.3) is 28.0 Å². The van der Waals surface area contributed by atoms with Crippen molar-refractivity contribution >= 4 is 23.3 Å². The van der Waals surface area contributed by atoms with E-state index < -0.39 is 24.8 Å². The molecule has 6 rings (SSSR count). The molecule has 12 heteroatoms. The zero-order chi connectivity index (χ0) is 30.0. The third-order valence-electron chi connectivity index (χ3n) is 8.00. The van der Waals surface area contributed by atoms with Gasteiger partial charge in [-0.15, -0.1) is 0 Å². The number of pyridine rings is 1. The molecule has 0 radical (unpaired) electrons. The van der Waals surface area contributed by atoms with E-state index in [1.165, 1.54) is 0 Å². The largest absolute Gasteiger partial charge is 0.389 e. The first kappa shape index (κ1) is 28.6. The summed E-state index contributed by atoms with van der Waals surface area (Å²) in [5.41, 5.74) is 4.49. The monoisotopic (exact) mass is 591 g/mol. The standard InChI is InChI=1S/C31H32F3N7O2/c32-31(33,34)9-8-26(42)17-22-4-3-5-23(16-22)27-21-36-29-18-25(20-37-41(27)29)24-6-7-28(35-19-24)38-12-14-40(15-13-38)30(43)39-10-1-2-11-39/h3-7,16,18-21H,1-2,8-15,17H2. The smallest absolute Gasteiger partial charge is 0.353 e. The summed E-state index contributed by atoms with van der Waals surface area (Å²) in [4.78, 5) is 40.0. The Morgan fingerprint density at radius 2 is 1.56 bits per heavy atom. The van der Waals surface area contributed by atoms with E-state index in [1.54, 1.807) is 35.1 Å². The van der Waals surface area contributed by atoms with Gasteiger partial charge in [-0.2, -0.15) is 18.3 Å². The number of nitrogens with zero attached hydrogens (tertiary/aromatic N) is 7. The Balaban J connectivity index is 1.10. The molecule has 0 bridgehead atoms. The van der Waals surface area contributed by atoms with E-state index in [2.05, 4.69) is 20.0 Å². The second-order valence-corrected chi connectivity index (χ2v) is 11.0. The molecule has 2 aliphatic rings. The van der Waals surface area contributed by atoms with Crippen molar-refractivity contribution in [1.82, 2.24) is 29.4 Å². The number of fused-ring (bicyclic) bond motifs is 1. The predicted octanol–water partition coefficient (Wildman–Crippen LogP) is 5.25. The molecule has 3 aromatic heterocycles. The average molecular weight is 592 g/mol. The number of urea groups is 1. The lowest BCUT2D eigenvalue weighted by atomic mass is 10.0. The number of carbonyl (C=O) groups is 2. The van der Waals surface area contributed by atoms with E-state index in [-0.39, 0.29) is 12.5 Å². The minimum absolute atomic E-state index is 0.0619. The van der Waals surface area contributed by atoms with Crippen LogP contribution in [-0.4, -0.2) is 86.6 Å². The Morgan fingerprint density at radius 1 is 0.791 bits per heavy atom. The number of amides is 2. The highest BCUT2D eigenvalue weighted by Crippen LogP contribution is 2.27. The maximum absolute atomic E-state index is 12.7. The van der Waals surface area contributed by atoms with Crippen LogP contribution in [0.1, 0.15) is 31.2 Å². The molecule has 0 N–H and O–H groups in total. The lowest BCUT2D eigenvalue weighted by molar-refractivity contribution is -0.143.